The zero-order chi connectivity index (χ0) is 15.5. The second kappa shape index (κ2) is 10.7. The van der Waals surface area contributed by atoms with Gasteiger partial charge in [0.1, 0.15) is 5.82 Å². The first-order valence-corrected chi connectivity index (χ1v) is 8.22. The summed E-state index contributed by atoms with van der Waals surface area (Å²) in [4.78, 5) is 6.74. The van der Waals surface area contributed by atoms with Gasteiger partial charge in [-0.25, -0.2) is 4.39 Å². The van der Waals surface area contributed by atoms with Gasteiger partial charge in [-0.05, 0) is 58.1 Å². The van der Waals surface area contributed by atoms with E-state index in [1.54, 1.807) is 6.07 Å². The molecular weight excluding hydrogens is 265 g/mol. The number of halogens is 1. The summed E-state index contributed by atoms with van der Waals surface area (Å²) in [6, 6.07) is 3.45. The molecule has 21 heavy (non-hydrogen) atoms. The van der Waals surface area contributed by atoms with Crippen LogP contribution in [0.5, 0.6) is 0 Å². The van der Waals surface area contributed by atoms with Crippen LogP contribution in [-0.2, 0) is 0 Å². The Kier molecular flexibility index (Phi) is 9.19. The SMILES string of the molecule is CCCCN(CCCC)CCC(NC)c1ccc(F)cn1. The molecule has 4 heteroatoms. The van der Waals surface area contributed by atoms with E-state index in [9.17, 15) is 4.39 Å². The molecule has 1 unspecified atom stereocenters. The molecule has 1 rings (SSSR count). The molecule has 1 aromatic heterocycles. The van der Waals surface area contributed by atoms with Crippen molar-refractivity contribution in [2.45, 2.75) is 52.0 Å². The fourth-order valence-electron chi connectivity index (χ4n) is 2.44. The fourth-order valence-corrected chi connectivity index (χ4v) is 2.44. The van der Waals surface area contributed by atoms with E-state index in [2.05, 4.69) is 29.0 Å². The van der Waals surface area contributed by atoms with Crippen LogP contribution in [0.25, 0.3) is 0 Å². The molecule has 0 fully saturated rings. The number of pyridine rings is 1. The van der Waals surface area contributed by atoms with E-state index in [1.165, 1.54) is 51.0 Å². The van der Waals surface area contributed by atoms with E-state index in [4.69, 9.17) is 0 Å². The predicted octanol–water partition coefficient (Wildman–Crippen LogP) is 3.77. The van der Waals surface area contributed by atoms with Gasteiger partial charge in [-0.2, -0.15) is 0 Å². The van der Waals surface area contributed by atoms with Gasteiger partial charge in [0.05, 0.1) is 17.9 Å². The van der Waals surface area contributed by atoms with Crippen molar-refractivity contribution in [2.24, 2.45) is 0 Å². The molecule has 1 aromatic rings. The third-order valence-corrected chi connectivity index (χ3v) is 3.85. The lowest BCUT2D eigenvalue weighted by Gasteiger charge is -2.24. The van der Waals surface area contributed by atoms with Crippen molar-refractivity contribution >= 4 is 0 Å². The van der Waals surface area contributed by atoms with Gasteiger partial charge in [-0.1, -0.05) is 26.7 Å². The van der Waals surface area contributed by atoms with Gasteiger partial charge >= 0.3 is 0 Å². The molecule has 0 radical (unpaired) electrons. The zero-order valence-electron chi connectivity index (χ0n) is 13.7. The highest BCUT2D eigenvalue weighted by Crippen LogP contribution is 2.15. The molecule has 1 heterocycles. The topological polar surface area (TPSA) is 28.2 Å². The Morgan fingerprint density at radius 3 is 2.29 bits per heavy atom. The Morgan fingerprint density at radius 1 is 1.14 bits per heavy atom. The summed E-state index contributed by atoms with van der Waals surface area (Å²) in [6.07, 6.45) is 7.27. The highest BCUT2D eigenvalue weighted by Gasteiger charge is 2.13. The number of nitrogens with one attached hydrogen (secondary N) is 1. The number of unbranched alkanes of at least 4 members (excludes halogenated alkanes) is 2. The number of aromatic nitrogens is 1. The van der Waals surface area contributed by atoms with Crippen LogP contribution < -0.4 is 5.32 Å². The maximum absolute atomic E-state index is 13.0. The third-order valence-electron chi connectivity index (χ3n) is 3.85. The molecule has 0 aliphatic rings. The monoisotopic (exact) mass is 295 g/mol. The first-order valence-electron chi connectivity index (χ1n) is 8.22. The molecule has 0 amide bonds. The predicted molar refractivity (Wildman–Crippen MR) is 86.9 cm³/mol. The van der Waals surface area contributed by atoms with Crippen molar-refractivity contribution in [1.29, 1.82) is 0 Å². The quantitative estimate of drug-likeness (QED) is 0.673. The molecule has 0 bridgehead atoms. The fraction of sp³-hybridized carbons (Fsp3) is 0.706. The van der Waals surface area contributed by atoms with Gasteiger partial charge in [-0.15, -0.1) is 0 Å². The maximum atomic E-state index is 13.0. The average Bonchev–Trinajstić information content (AvgIpc) is 2.51. The molecule has 0 saturated carbocycles. The normalized spacial score (nSPS) is 12.8. The molecule has 0 aliphatic heterocycles. The van der Waals surface area contributed by atoms with Gasteiger partial charge in [0.15, 0.2) is 0 Å². The lowest BCUT2D eigenvalue weighted by molar-refractivity contribution is 0.250. The van der Waals surface area contributed by atoms with E-state index in [0.717, 1.165) is 18.7 Å². The lowest BCUT2D eigenvalue weighted by atomic mass is 10.1. The van der Waals surface area contributed by atoms with Crippen molar-refractivity contribution < 1.29 is 4.39 Å². The second-order valence-electron chi connectivity index (χ2n) is 5.58. The Labute approximate surface area is 129 Å². The largest absolute Gasteiger partial charge is 0.312 e. The first-order chi connectivity index (χ1) is 10.2. The summed E-state index contributed by atoms with van der Waals surface area (Å²) in [5, 5.41) is 3.29. The minimum absolute atomic E-state index is 0.191. The van der Waals surface area contributed by atoms with E-state index in [-0.39, 0.29) is 11.9 Å². The van der Waals surface area contributed by atoms with Crippen molar-refractivity contribution in [3.63, 3.8) is 0 Å². The van der Waals surface area contributed by atoms with E-state index in [1.807, 2.05) is 7.05 Å². The summed E-state index contributed by atoms with van der Waals surface area (Å²) in [5.41, 5.74) is 0.921. The van der Waals surface area contributed by atoms with Crippen LogP contribution in [-0.4, -0.2) is 36.6 Å². The van der Waals surface area contributed by atoms with Gasteiger partial charge in [0, 0.05) is 0 Å². The Hall–Kier alpha value is -1.00. The average molecular weight is 295 g/mol. The van der Waals surface area contributed by atoms with Gasteiger partial charge in [0.25, 0.3) is 0 Å². The van der Waals surface area contributed by atoms with Gasteiger partial charge in [-0.3, -0.25) is 4.98 Å². The summed E-state index contributed by atoms with van der Waals surface area (Å²) >= 11 is 0. The Morgan fingerprint density at radius 2 is 1.81 bits per heavy atom. The first kappa shape index (κ1) is 18.1. The molecular formula is C17H30FN3. The Balaban J connectivity index is 2.51. The molecule has 3 nitrogen and oxygen atoms in total. The molecule has 0 saturated heterocycles. The minimum Gasteiger partial charge on any atom is -0.312 e. The number of hydrogen-bond donors (Lipinski definition) is 1. The van der Waals surface area contributed by atoms with Crippen LogP contribution in [0.2, 0.25) is 0 Å². The second-order valence-corrected chi connectivity index (χ2v) is 5.58. The van der Waals surface area contributed by atoms with Crippen molar-refractivity contribution in [1.82, 2.24) is 15.2 Å². The summed E-state index contributed by atoms with van der Waals surface area (Å²) < 4.78 is 13.0. The van der Waals surface area contributed by atoms with Crippen molar-refractivity contribution in [3.05, 3.63) is 29.8 Å². The Bertz CT molecular complexity index is 359. The minimum atomic E-state index is -0.277. The molecule has 120 valence electrons. The van der Waals surface area contributed by atoms with Crippen LogP contribution in [0.3, 0.4) is 0 Å². The van der Waals surface area contributed by atoms with Crippen LogP contribution in [0.15, 0.2) is 18.3 Å². The smallest absolute Gasteiger partial charge is 0.141 e. The molecule has 0 spiro atoms. The number of nitrogens with zero attached hydrogens (tertiary/aromatic N) is 2. The maximum Gasteiger partial charge on any atom is 0.141 e. The van der Waals surface area contributed by atoms with Crippen LogP contribution in [0.4, 0.5) is 4.39 Å². The van der Waals surface area contributed by atoms with Gasteiger partial charge in [0.2, 0.25) is 0 Å². The van der Waals surface area contributed by atoms with E-state index >= 15 is 0 Å². The van der Waals surface area contributed by atoms with Crippen LogP contribution in [0, 0.1) is 5.82 Å². The van der Waals surface area contributed by atoms with Crippen LogP contribution in [0.1, 0.15) is 57.7 Å². The highest BCUT2D eigenvalue weighted by atomic mass is 19.1. The standard InChI is InChI=1S/C17H30FN3/c1-4-6-11-21(12-7-5-2)13-10-16(19-3)17-9-8-15(18)14-20-17/h8-9,14,16,19H,4-7,10-13H2,1-3H3. The number of rotatable bonds is 11. The summed E-state index contributed by atoms with van der Waals surface area (Å²) in [7, 11) is 1.94. The zero-order valence-corrected chi connectivity index (χ0v) is 13.7. The van der Waals surface area contributed by atoms with Crippen LogP contribution >= 0.6 is 0 Å². The molecule has 1 N–H and O–H groups in total. The lowest BCUT2D eigenvalue weighted by Crippen LogP contribution is -2.30. The molecule has 0 aliphatic carbocycles. The van der Waals surface area contributed by atoms with Crippen molar-refractivity contribution in [2.75, 3.05) is 26.7 Å². The highest BCUT2D eigenvalue weighted by molar-refractivity contribution is 5.09. The van der Waals surface area contributed by atoms with Gasteiger partial charge < -0.3 is 10.2 Å². The molecule has 0 aromatic carbocycles. The summed E-state index contributed by atoms with van der Waals surface area (Å²) in [5.74, 6) is -0.277. The van der Waals surface area contributed by atoms with Crippen molar-refractivity contribution in [3.8, 4) is 0 Å². The summed E-state index contributed by atoms with van der Waals surface area (Å²) in [6.45, 7) is 7.87. The third kappa shape index (κ3) is 7.00. The molecule has 1 atom stereocenters. The van der Waals surface area contributed by atoms with E-state index in [0.29, 0.717) is 0 Å². The van der Waals surface area contributed by atoms with E-state index < -0.39 is 0 Å². The number of hydrogen-bond acceptors (Lipinski definition) is 3.